The molecule has 0 radical (unpaired) electrons. The zero-order chi connectivity index (χ0) is 13.8. The molecule has 0 aliphatic carbocycles. The van der Waals surface area contributed by atoms with E-state index in [0.29, 0.717) is 13.1 Å². The second kappa shape index (κ2) is 5.79. The fourth-order valence-corrected chi connectivity index (χ4v) is 2.02. The highest BCUT2D eigenvalue weighted by molar-refractivity contribution is 5.96. The second-order valence-corrected chi connectivity index (χ2v) is 4.65. The van der Waals surface area contributed by atoms with E-state index in [1.165, 1.54) is 4.90 Å². The van der Waals surface area contributed by atoms with Crippen molar-refractivity contribution in [2.75, 3.05) is 26.7 Å². The van der Waals surface area contributed by atoms with Crippen LogP contribution in [0.15, 0.2) is 24.5 Å². The van der Waals surface area contributed by atoms with Crippen LogP contribution in [0.1, 0.15) is 18.5 Å². The quantitative estimate of drug-likeness (QED) is 0.864. The van der Waals surface area contributed by atoms with Gasteiger partial charge in [0.2, 0.25) is 5.91 Å². The van der Waals surface area contributed by atoms with Crippen LogP contribution in [0.4, 0.5) is 4.79 Å². The first kappa shape index (κ1) is 13.5. The minimum atomic E-state index is -0.299. The standard InChI is InChI=1S/C13H18N4O2/c1-10(11-4-3-5-14-8-11)16(2)9-12(18)17-7-6-15-13(17)19/h3-5,8,10H,6-7,9H2,1-2H3,(H,15,19)/t10-/m1/s1. The number of rotatable bonds is 4. The maximum Gasteiger partial charge on any atom is 0.324 e. The molecule has 0 aromatic carbocycles. The number of pyridine rings is 1. The van der Waals surface area contributed by atoms with Crippen LogP contribution >= 0.6 is 0 Å². The van der Waals surface area contributed by atoms with Crippen molar-refractivity contribution in [3.05, 3.63) is 30.1 Å². The summed E-state index contributed by atoms with van der Waals surface area (Å²) in [6.07, 6.45) is 3.50. The van der Waals surface area contributed by atoms with Crippen LogP contribution in [0.2, 0.25) is 0 Å². The topological polar surface area (TPSA) is 65.5 Å². The molecule has 0 spiro atoms. The van der Waals surface area contributed by atoms with Crippen LogP contribution in [-0.4, -0.2) is 53.4 Å². The molecular formula is C13H18N4O2. The molecule has 2 rings (SSSR count). The van der Waals surface area contributed by atoms with Crippen LogP contribution in [0, 0.1) is 0 Å². The summed E-state index contributed by atoms with van der Waals surface area (Å²) in [5.41, 5.74) is 1.05. The second-order valence-electron chi connectivity index (χ2n) is 4.65. The third-order valence-corrected chi connectivity index (χ3v) is 3.37. The minimum absolute atomic E-state index is 0.0725. The van der Waals surface area contributed by atoms with Gasteiger partial charge in [-0.05, 0) is 25.6 Å². The summed E-state index contributed by atoms with van der Waals surface area (Å²) in [5, 5.41) is 2.62. The lowest BCUT2D eigenvalue weighted by Gasteiger charge is -2.25. The Morgan fingerprint density at radius 2 is 2.42 bits per heavy atom. The molecule has 1 aliphatic rings. The Morgan fingerprint density at radius 1 is 1.63 bits per heavy atom. The Kier molecular flexibility index (Phi) is 4.11. The summed E-state index contributed by atoms with van der Waals surface area (Å²) in [4.78, 5) is 30.6. The number of carbonyl (C=O) groups excluding carboxylic acids is 2. The van der Waals surface area contributed by atoms with Crippen LogP contribution in [0.3, 0.4) is 0 Å². The van der Waals surface area contributed by atoms with Gasteiger partial charge in [0, 0.05) is 31.5 Å². The summed E-state index contributed by atoms with van der Waals surface area (Å²) in [6, 6.07) is 3.62. The Labute approximate surface area is 112 Å². The summed E-state index contributed by atoms with van der Waals surface area (Å²) in [6.45, 7) is 3.21. The van der Waals surface area contributed by atoms with E-state index >= 15 is 0 Å². The van der Waals surface area contributed by atoms with E-state index in [9.17, 15) is 9.59 Å². The zero-order valence-electron chi connectivity index (χ0n) is 11.2. The van der Waals surface area contributed by atoms with E-state index in [-0.39, 0.29) is 24.5 Å². The number of nitrogens with one attached hydrogen (secondary N) is 1. The molecule has 0 unspecified atom stereocenters. The van der Waals surface area contributed by atoms with Crippen molar-refractivity contribution < 1.29 is 9.59 Å². The number of aromatic nitrogens is 1. The monoisotopic (exact) mass is 262 g/mol. The first-order chi connectivity index (χ1) is 9.09. The van der Waals surface area contributed by atoms with Gasteiger partial charge in [0.05, 0.1) is 6.54 Å². The van der Waals surface area contributed by atoms with Gasteiger partial charge in [-0.15, -0.1) is 0 Å². The SMILES string of the molecule is C[C@H](c1cccnc1)N(C)CC(=O)N1CCNC1=O. The molecular weight excluding hydrogens is 244 g/mol. The van der Waals surface area contributed by atoms with Crippen molar-refractivity contribution in [1.29, 1.82) is 0 Å². The van der Waals surface area contributed by atoms with Crippen LogP contribution < -0.4 is 5.32 Å². The first-order valence-electron chi connectivity index (χ1n) is 6.28. The Morgan fingerprint density at radius 3 is 3.00 bits per heavy atom. The van der Waals surface area contributed by atoms with Gasteiger partial charge in [0.1, 0.15) is 0 Å². The minimum Gasteiger partial charge on any atom is -0.336 e. The fraction of sp³-hybridized carbons (Fsp3) is 0.462. The largest absolute Gasteiger partial charge is 0.336 e. The first-order valence-corrected chi connectivity index (χ1v) is 6.28. The van der Waals surface area contributed by atoms with Gasteiger partial charge in [-0.2, -0.15) is 0 Å². The van der Waals surface area contributed by atoms with E-state index in [1.54, 1.807) is 12.4 Å². The van der Waals surface area contributed by atoms with Gasteiger partial charge in [0.15, 0.2) is 0 Å². The van der Waals surface area contributed by atoms with Crippen LogP contribution in [0.5, 0.6) is 0 Å². The highest BCUT2D eigenvalue weighted by atomic mass is 16.2. The third-order valence-electron chi connectivity index (χ3n) is 3.37. The van der Waals surface area contributed by atoms with Gasteiger partial charge >= 0.3 is 6.03 Å². The molecule has 1 aliphatic heterocycles. The Bertz CT molecular complexity index is 463. The normalized spacial score (nSPS) is 16.6. The summed E-state index contributed by atoms with van der Waals surface area (Å²) in [5.74, 6) is -0.173. The van der Waals surface area contributed by atoms with Gasteiger partial charge in [-0.25, -0.2) is 4.79 Å². The van der Waals surface area contributed by atoms with E-state index < -0.39 is 0 Å². The molecule has 2 heterocycles. The van der Waals surface area contributed by atoms with Crippen molar-refractivity contribution in [3.63, 3.8) is 0 Å². The average molecular weight is 262 g/mol. The maximum atomic E-state index is 12.0. The van der Waals surface area contributed by atoms with Gasteiger partial charge in [0.25, 0.3) is 0 Å². The molecule has 19 heavy (non-hydrogen) atoms. The lowest BCUT2D eigenvalue weighted by molar-refractivity contribution is -0.128. The van der Waals surface area contributed by atoms with E-state index in [2.05, 4.69) is 10.3 Å². The summed E-state index contributed by atoms with van der Waals surface area (Å²) < 4.78 is 0. The molecule has 1 atom stereocenters. The smallest absolute Gasteiger partial charge is 0.324 e. The van der Waals surface area contributed by atoms with Crippen molar-refractivity contribution >= 4 is 11.9 Å². The molecule has 1 aromatic heterocycles. The molecule has 102 valence electrons. The average Bonchev–Trinajstić information content (AvgIpc) is 2.85. The van der Waals surface area contributed by atoms with Crippen LogP contribution in [-0.2, 0) is 4.79 Å². The number of nitrogens with zero attached hydrogens (tertiary/aromatic N) is 3. The number of hydrogen-bond acceptors (Lipinski definition) is 4. The predicted octanol–water partition coefficient (Wildman–Crippen LogP) is 0.626. The van der Waals surface area contributed by atoms with Crippen molar-refractivity contribution in [2.24, 2.45) is 0 Å². The number of imide groups is 1. The molecule has 1 aromatic rings. The maximum absolute atomic E-state index is 12.0. The van der Waals surface area contributed by atoms with Crippen molar-refractivity contribution in [3.8, 4) is 0 Å². The molecule has 1 N–H and O–H groups in total. The van der Waals surface area contributed by atoms with Crippen LogP contribution in [0.25, 0.3) is 0 Å². The lowest BCUT2D eigenvalue weighted by atomic mass is 10.1. The van der Waals surface area contributed by atoms with Gasteiger partial charge in [-0.3, -0.25) is 19.6 Å². The molecule has 6 heteroatoms. The number of hydrogen-bond donors (Lipinski definition) is 1. The highest BCUT2D eigenvalue weighted by Crippen LogP contribution is 2.17. The number of likely N-dealkylation sites (N-methyl/N-ethyl adjacent to an activating group) is 1. The molecule has 1 fully saturated rings. The predicted molar refractivity (Wildman–Crippen MR) is 70.4 cm³/mol. The van der Waals surface area contributed by atoms with Crippen molar-refractivity contribution in [2.45, 2.75) is 13.0 Å². The number of carbonyl (C=O) groups is 2. The molecule has 1 saturated heterocycles. The number of urea groups is 1. The molecule has 3 amide bonds. The number of amides is 3. The zero-order valence-corrected chi connectivity index (χ0v) is 11.2. The van der Waals surface area contributed by atoms with E-state index in [4.69, 9.17) is 0 Å². The van der Waals surface area contributed by atoms with Crippen molar-refractivity contribution in [1.82, 2.24) is 20.1 Å². The lowest BCUT2D eigenvalue weighted by Crippen LogP contribution is -2.41. The highest BCUT2D eigenvalue weighted by Gasteiger charge is 2.27. The molecule has 0 saturated carbocycles. The van der Waals surface area contributed by atoms with Gasteiger partial charge in [-0.1, -0.05) is 6.07 Å². The Hall–Kier alpha value is -1.95. The molecule has 6 nitrogen and oxygen atoms in total. The fourth-order valence-electron chi connectivity index (χ4n) is 2.02. The third kappa shape index (κ3) is 3.08. The van der Waals surface area contributed by atoms with E-state index in [0.717, 1.165) is 5.56 Å². The Balaban J connectivity index is 1.95. The van der Waals surface area contributed by atoms with E-state index in [1.807, 2.05) is 31.0 Å². The summed E-state index contributed by atoms with van der Waals surface area (Å²) >= 11 is 0. The van der Waals surface area contributed by atoms with Gasteiger partial charge < -0.3 is 5.32 Å². The molecule has 0 bridgehead atoms. The summed E-state index contributed by atoms with van der Waals surface area (Å²) in [7, 11) is 1.86.